The van der Waals surface area contributed by atoms with Crippen molar-refractivity contribution in [3.8, 4) is 0 Å². The highest BCUT2D eigenvalue weighted by Gasteiger charge is 2.06. The summed E-state index contributed by atoms with van der Waals surface area (Å²) in [6.45, 7) is 4.41. The fourth-order valence-corrected chi connectivity index (χ4v) is 2.98. The second kappa shape index (κ2) is 5.54. The number of hydrogen-bond acceptors (Lipinski definition) is 1. The molecule has 1 N–H and O–H groups in total. The van der Waals surface area contributed by atoms with Gasteiger partial charge in [-0.3, -0.25) is 0 Å². The zero-order valence-corrected chi connectivity index (χ0v) is 12.6. The molecule has 0 amide bonds. The molecule has 0 spiro atoms. The first kappa shape index (κ1) is 12.6. The second-order valence-electron chi connectivity index (χ2n) is 2.62. The van der Waals surface area contributed by atoms with Crippen LogP contribution in [0.4, 0.5) is 5.69 Å². The largest absolute Gasteiger partial charge is 0.379 e. The van der Waals surface area contributed by atoms with Gasteiger partial charge in [-0.15, -0.1) is 0 Å². The summed E-state index contributed by atoms with van der Waals surface area (Å²) in [4.78, 5) is 0. The topological polar surface area (TPSA) is 12.0 Å². The Morgan fingerprint density at radius 2 is 1.86 bits per heavy atom. The number of rotatable bonds is 3. The first-order valence-electron chi connectivity index (χ1n) is 3.72. The molecule has 0 aromatic heterocycles. The normalized spacial score (nSPS) is 10.0. The van der Waals surface area contributed by atoms with Crippen LogP contribution in [0.3, 0.4) is 0 Å². The maximum Gasteiger partial charge on any atom is 0.0632 e. The van der Waals surface area contributed by atoms with Crippen molar-refractivity contribution in [1.29, 1.82) is 0 Å². The minimum Gasteiger partial charge on any atom is -0.379 e. The molecule has 0 heterocycles. The lowest BCUT2D eigenvalue weighted by atomic mass is 10.3. The molecular formula is C9H7Br3ClN. The van der Waals surface area contributed by atoms with E-state index < -0.39 is 0 Å². The van der Waals surface area contributed by atoms with Crippen LogP contribution in [0.15, 0.2) is 32.1 Å². The fraction of sp³-hybridized carbons (Fsp3) is 0.111. The third-order valence-corrected chi connectivity index (χ3v) is 3.21. The summed E-state index contributed by atoms with van der Waals surface area (Å²) in [6, 6.07) is 3.68. The molecule has 14 heavy (non-hydrogen) atoms. The van der Waals surface area contributed by atoms with Crippen LogP contribution in [0.2, 0.25) is 5.02 Å². The van der Waals surface area contributed by atoms with E-state index in [4.69, 9.17) is 11.6 Å². The van der Waals surface area contributed by atoms with Gasteiger partial charge in [0.15, 0.2) is 0 Å². The van der Waals surface area contributed by atoms with Crippen molar-refractivity contribution < 1.29 is 0 Å². The Morgan fingerprint density at radius 1 is 1.36 bits per heavy atom. The minimum atomic E-state index is 0.666. The molecule has 0 aliphatic rings. The van der Waals surface area contributed by atoms with Gasteiger partial charge < -0.3 is 5.32 Å². The van der Waals surface area contributed by atoms with Gasteiger partial charge >= 0.3 is 0 Å². The molecule has 0 saturated carbocycles. The van der Waals surface area contributed by atoms with E-state index in [2.05, 4.69) is 59.7 Å². The van der Waals surface area contributed by atoms with Gasteiger partial charge in [-0.25, -0.2) is 0 Å². The Bertz CT molecular complexity index is 342. The molecule has 0 saturated heterocycles. The van der Waals surface area contributed by atoms with E-state index in [1.807, 2.05) is 12.1 Å². The lowest BCUT2D eigenvalue weighted by Gasteiger charge is -2.10. The van der Waals surface area contributed by atoms with Crippen molar-refractivity contribution in [2.24, 2.45) is 0 Å². The van der Waals surface area contributed by atoms with Gasteiger partial charge in [0, 0.05) is 25.0 Å². The van der Waals surface area contributed by atoms with Crippen molar-refractivity contribution in [2.75, 3.05) is 11.9 Å². The number of benzene rings is 1. The molecule has 76 valence electrons. The molecule has 1 aromatic rings. The third-order valence-electron chi connectivity index (χ3n) is 1.46. The third kappa shape index (κ3) is 3.57. The zero-order valence-electron chi connectivity index (χ0n) is 7.08. The Balaban J connectivity index is 2.91. The second-order valence-corrected chi connectivity index (χ2v) is 5.88. The molecule has 0 aliphatic carbocycles. The van der Waals surface area contributed by atoms with Crippen molar-refractivity contribution in [3.63, 3.8) is 0 Å². The Kier molecular flexibility index (Phi) is 4.97. The smallest absolute Gasteiger partial charge is 0.0632 e. The van der Waals surface area contributed by atoms with Crippen LogP contribution in [0, 0.1) is 0 Å². The Morgan fingerprint density at radius 3 is 2.29 bits per heavy atom. The van der Waals surface area contributed by atoms with Crippen LogP contribution in [0.1, 0.15) is 0 Å². The lowest BCUT2D eigenvalue weighted by Crippen LogP contribution is -2.01. The molecule has 0 atom stereocenters. The first-order valence-corrected chi connectivity index (χ1v) is 6.48. The number of hydrogen-bond donors (Lipinski definition) is 1. The monoisotopic (exact) mass is 401 g/mol. The molecule has 1 aromatic carbocycles. The van der Waals surface area contributed by atoms with E-state index in [1.165, 1.54) is 0 Å². The van der Waals surface area contributed by atoms with Gasteiger partial charge in [0.2, 0.25) is 0 Å². The average Bonchev–Trinajstić information content (AvgIpc) is 2.01. The van der Waals surface area contributed by atoms with Gasteiger partial charge in [0.05, 0.1) is 5.69 Å². The highest BCUT2D eigenvalue weighted by Crippen LogP contribution is 2.34. The Labute approximate surface area is 113 Å². The maximum absolute atomic E-state index is 5.87. The van der Waals surface area contributed by atoms with E-state index in [-0.39, 0.29) is 0 Å². The standard InChI is InChI=1S/C9H7Br3ClN/c1-5(10)4-14-9-7(11)2-6(13)3-8(9)12/h2-3,14H,1,4H2. The number of halogens is 4. The van der Waals surface area contributed by atoms with E-state index in [1.54, 1.807) is 0 Å². The minimum absolute atomic E-state index is 0.666. The van der Waals surface area contributed by atoms with Gasteiger partial charge in [0.1, 0.15) is 0 Å². The summed E-state index contributed by atoms with van der Waals surface area (Å²) in [6.07, 6.45) is 0. The summed E-state index contributed by atoms with van der Waals surface area (Å²) in [7, 11) is 0. The SMILES string of the molecule is C=C(Br)CNc1c(Br)cc(Cl)cc1Br. The predicted molar refractivity (Wildman–Crippen MR) is 73.4 cm³/mol. The van der Waals surface area contributed by atoms with Crippen LogP contribution in [-0.4, -0.2) is 6.54 Å². The molecule has 1 rings (SSSR count). The van der Waals surface area contributed by atoms with Crippen LogP contribution in [0.25, 0.3) is 0 Å². The van der Waals surface area contributed by atoms with Crippen LogP contribution < -0.4 is 5.32 Å². The van der Waals surface area contributed by atoms with Gasteiger partial charge in [-0.05, 0) is 44.0 Å². The predicted octanol–water partition coefficient (Wildman–Crippen LogP) is 5.19. The van der Waals surface area contributed by atoms with E-state index in [9.17, 15) is 0 Å². The van der Waals surface area contributed by atoms with Gasteiger partial charge in [-0.1, -0.05) is 34.1 Å². The fourth-order valence-electron chi connectivity index (χ4n) is 0.895. The Hall–Kier alpha value is 0.490. The lowest BCUT2D eigenvalue weighted by molar-refractivity contribution is 1.31. The summed E-state index contributed by atoms with van der Waals surface area (Å²) in [5.41, 5.74) is 0.968. The average molecular weight is 404 g/mol. The maximum atomic E-state index is 5.87. The molecule has 0 fully saturated rings. The van der Waals surface area contributed by atoms with E-state index in [0.717, 1.165) is 19.1 Å². The summed E-state index contributed by atoms with van der Waals surface area (Å²) in [5, 5.41) is 3.90. The highest BCUT2D eigenvalue weighted by molar-refractivity contribution is 9.12. The molecule has 0 unspecified atom stereocenters. The van der Waals surface area contributed by atoms with Gasteiger partial charge in [0.25, 0.3) is 0 Å². The molecule has 5 heteroatoms. The van der Waals surface area contributed by atoms with Crippen LogP contribution in [0.5, 0.6) is 0 Å². The van der Waals surface area contributed by atoms with Crippen molar-refractivity contribution in [3.05, 3.63) is 37.2 Å². The molecular weight excluding hydrogens is 397 g/mol. The van der Waals surface area contributed by atoms with E-state index in [0.29, 0.717) is 11.6 Å². The van der Waals surface area contributed by atoms with Crippen molar-refractivity contribution in [1.82, 2.24) is 0 Å². The van der Waals surface area contributed by atoms with Gasteiger partial charge in [-0.2, -0.15) is 0 Å². The molecule has 1 nitrogen and oxygen atoms in total. The molecule has 0 bridgehead atoms. The van der Waals surface area contributed by atoms with E-state index >= 15 is 0 Å². The molecule has 0 aliphatic heterocycles. The number of nitrogens with one attached hydrogen (secondary N) is 1. The summed E-state index contributed by atoms with van der Waals surface area (Å²) < 4.78 is 2.74. The van der Waals surface area contributed by atoms with Crippen LogP contribution in [-0.2, 0) is 0 Å². The number of anilines is 1. The summed E-state index contributed by atoms with van der Waals surface area (Å²) >= 11 is 16.0. The quantitative estimate of drug-likeness (QED) is 0.732. The highest BCUT2D eigenvalue weighted by atomic mass is 79.9. The first-order chi connectivity index (χ1) is 6.50. The van der Waals surface area contributed by atoms with Crippen molar-refractivity contribution in [2.45, 2.75) is 0 Å². The summed E-state index contributed by atoms with van der Waals surface area (Å²) in [5.74, 6) is 0. The molecule has 0 radical (unpaired) electrons. The van der Waals surface area contributed by atoms with Crippen LogP contribution >= 0.6 is 59.4 Å². The van der Waals surface area contributed by atoms with Crippen molar-refractivity contribution >= 4 is 65.1 Å². The zero-order chi connectivity index (χ0) is 10.7.